The van der Waals surface area contributed by atoms with E-state index in [1.807, 2.05) is 6.92 Å². The molecule has 2 unspecified atom stereocenters. The third-order valence-electron chi connectivity index (χ3n) is 2.30. The number of halogens is 1. The summed E-state index contributed by atoms with van der Waals surface area (Å²) in [5.41, 5.74) is 0. The molecule has 1 fully saturated rings. The van der Waals surface area contributed by atoms with Crippen molar-refractivity contribution < 1.29 is 4.79 Å². The van der Waals surface area contributed by atoms with Gasteiger partial charge in [0.1, 0.15) is 5.15 Å². The zero-order chi connectivity index (χ0) is 10.1. The molecule has 0 aliphatic heterocycles. The van der Waals surface area contributed by atoms with Gasteiger partial charge in [-0.3, -0.25) is 10.1 Å². The maximum atomic E-state index is 11.5. The molecule has 0 radical (unpaired) electrons. The molecule has 1 aromatic rings. The number of hydrogen-bond donors (Lipinski definition) is 1. The molecule has 0 spiro atoms. The SMILES string of the molecule is CC1CC1C(=O)Nc1nccc(Cl)n1. The maximum Gasteiger partial charge on any atom is 0.230 e. The Labute approximate surface area is 86.7 Å². The van der Waals surface area contributed by atoms with Crippen LogP contribution in [0.4, 0.5) is 5.95 Å². The molecule has 4 nitrogen and oxygen atoms in total. The van der Waals surface area contributed by atoms with Crippen molar-refractivity contribution in [3.05, 3.63) is 17.4 Å². The number of rotatable bonds is 2. The molecule has 1 aliphatic carbocycles. The van der Waals surface area contributed by atoms with Crippen molar-refractivity contribution in [1.82, 2.24) is 9.97 Å². The van der Waals surface area contributed by atoms with Crippen LogP contribution >= 0.6 is 11.6 Å². The van der Waals surface area contributed by atoms with Gasteiger partial charge in [-0.1, -0.05) is 18.5 Å². The Morgan fingerprint density at radius 1 is 1.71 bits per heavy atom. The Bertz CT molecular complexity index is 369. The van der Waals surface area contributed by atoms with E-state index in [2.05, 4.69) is 15.3 Å². The molecular weight excluding hydrogens is 202 g/mol. The molecule has 14 heavy (non-hydrogen) atoms. The molecule has 1 heterocycles. The van der Waals surface area contributed by atoms with Crippen molar-refractivity contribution in [1.29, 1.82) is 0 Å². The third kappa shape index (κ3) is 2.01. The predicted octanol–water partition coefficient (Wildman–Crippen LogP) is 1.72. The molecule has 1 aliphatic rings. The highest BCUT2D eigenvalue weighted by atomic mass is 35.5. The van der Waals surface area contributed by atoms with E-state index in [4.69, 9.17) is 11.6 Å². The average Bonchev–Trinajstić information content (AvgIpc) is 2.82. The molecule has 2 rings (SSSR count). The van der Waals surface area contributed by atoms with E-state index in [9.17, 15) is 4.79 Å². The number of amides is 1. The van der Waals surface area contributed by atoms with Crippen molar-refractivity contribution in [2.45, 2.75) is 13.3 Å². The molecule has 5 heteroatoms. The smallest absolute Gasteiger partial charge is 0.230 e. The van der Waals surface area contributed by atoms with Gasteiger partial charge < -0.3 is 0 Å². The fraction of sp³-hybridized carbons (Fsp3) is 0.444. The number of carbonyl (C=O) groups is 1. The van der Waals surface area contributed by atoms with Crippen LogP contribution in [-0.2, 0) is 4.79 Å². The largest absolute Gasteiger partial charge is 0.294 e. The molecule has 2 atom stereocenters. The lowest BCUT2D eigenvalue weighted by molar-refractivity contribution is -0.117. The number of hydrogen-bond acceptors (Lipinski definition) is 3. The lowest BCUT2D eigenvalue weighted by atomic mass is 10.3. The zero-order valence-corrected chi connectivity index (χ0v) is 8.45. The van der Waals surface area contributed by atoms with E-state index in [0.29, 0.717) is 11.1 Å². The van der Waals surface area contributed by atoms with E-state index in [-0.39, 0.29) is 17.8 Å². The topological polar surface area (TPSA) is 54.9 Å². The van der Waals surface area contributed by atoms with Gasteiger partial charge in [0.25, 0.3) is 0 Å². The quantitative estimate of drug-likeness (QED) is 0.758. The minimum absolute atomic E-state index is 0.0141. The Kier molecular flexibility index (Phi) is 2.37. The second-order valence-electron chi connectivity index (χ2n) is 3.51. The number of nitrogens with one attached hydrogen (secondary N) is 1. The second-order valence-corrected chi connectivity index (χ2v) is 3.90. The van der Waals surface area contributed by atoms with Gasteiger partial charge in [-0.15, -0.1) is 0 Å². The summed E-state index contributed by atoms with van der Waals surface area (Å²) in [5.74, 6) is 0.869. The van der Waals surface area contributed by atoms with Gasteiger partial charge in [0.15, 0.2) is 0 Å². The van der Waals surface area contributed by atoms with Gasteiger partial charge in [0.05, 0.1) is 0 Å². The summed E-state index contributed by atoms with van der Waals surface area (Å²) in [5, 5.41) is 2.96. The van der Waals surface area contributed by atoms with Crippen LogP contribution in [0.2, 0.25) is 5.15 Å². The van der Waals surface area contributed by atoms with Crippen LogP contribution in [0.1, 0.15) is 13.3 Å². The maximum absolute atomic E-state index is 11.5. The highest BCUT2D eigenvalue weighted by Gasteiger charge is 2.39. The molecule has 0 aromatic carbocycles. The average molecular weight is 212 g/mol. The van der Waals surface area contributed by atoms with Crippen LogP contribution in [-0.4, -0.2) is 15.9 Å². The number of anilines is 1. The van der Waals surface area contributed by atoms with Gasteiger partial charge in [-0.2, -0.15) is 0 Å². The van der Waals surface area contributed by atoms with Crippen LogP contribution in [0.25, 0.3) is 0 Å². The first kappa shape index (κ1) is 9.40. The van der Waals surface area contributed by atoms with Crippen LogP contribution in [0.15, 0.2) is 12.3 Å². The first-order valence-corrected chi connectivity index (χ1v) is 4.84. The summed E-state index contributed by atoms with van der Waals surface area (Å²) in [6, 6.07) is 1.57. The monoisotopic (exact) mass is 211 g/mol. The number of aromatic nitrogens is 2. The summed E-state index contributed by atoms with van der Waals surface area (Å²) in [6.07, 6.45) is 2.47. The van der Waals surface area contributed by atoms with E-state index >= 15 is 0 Å². The van der Waals surface area contributed by atoms with Crippen LogP contribution in [0, 0.1) is 11.8 Å². The second kappa shape index (κ2) is 3.53. The fourth-order valence-electron chi connectivity index (χ4n) is 1.29. The van der Waals surface area contributed by atoms with Crippen LogP contribution < -0.4 is 5.32 Å². The van der Waals surface area contributed by atoms with Gasteiger partial charge >= 0.3 is 0 Å². The molecule has 1 amide bonds. The summed E-state index contributed by atoms with van der Waals surface area (Å²) in [4.78, 5) is 19.2. The molecular formula is C9H10ClN3O. The first-order chi connectivity index (χ1) is 6.66. The van der Waals surface area contributed by atoms with E-state index in [0.717, 1.165) is 6.42 Å². The van der Waals surface area contributed by atoms with E-state index < -0.39 is 0 Å². The minimum Gasteiger partial charge on any atom is -0.294 e. The predicted molar refractivity (Wildman–Crippen MR) is 52.9 cm³/mol. The normalized spacial score (nSPS) is 24.4. The van der Waals surface area contributed by atoms with Gasteiger partial charge in [0, 0.05) is 12.1 Å². The molecule has 1 N–H and O–H groups in total. The lowest BCUT2D eigenvalue weighted by Gasteiger charge is -2.01. The Balaban J connectivity index is 2.00. The van der Waals surface area contributed by atoms with Crippen molar-refractivity contribution >= 4 is 23.5 Å². The highest BCUT2D eigenvalue weighted by Crippen LogP contribution is 2.38. The Hall–Kier alpha value is -1.16. The van der Waals surface area contributed by atoms with E-state index in [1.54, 1.807) is 6.07 Å². The summed E-state index contributed by atoms with van der Waals surface area (Å²) in [6.45, 7) is 2.04. The minimum atomic E-state index is -0.0141. The van der Waals surface area contributed by atoms with Crippen molar-refractivity contribution in [3.8, 4) is 0 Å². The lowest BCUT2D eigenvalue weighted by Crippen LogP contribution is -2.16. The van der Waals surface area contributed by atoms with Gasteiger partial charge in [-0.25, -0.2) is 9.97 Å². The standard InChI is InChI=1S/C9H10ClN3O/c1-5-4-6(5)8(14)13-9-11-3-2-7(10)12-9/h2-3,5-6H,4H2,1H3,(H,11,12,13,14). The number of carbonyl (C=O) groups excluding carboxylic acids is 1. The van der Waals surface area contributed by atoms with Crippen molar-refractivity contribution in [2.75, 3.05) is 5.32 Å². The van der Waals surface area contributed by atoms with Crippen molar-refractivity contribution in [2.24, 2.45) is 11.8 Å². The summed E-state index contributed by atoms with van der Waals surface area (Å²) in [7, 11) is 0. The van der Waals surface area contributed by atoms with Crippen LogP contribution in [0.5, 0.6) is 0 Å². The first-order valence-electron chi connectivity index (χ1n) is 4.46. The fourth-order valence-corrected chi connectivity index (χ4v) is 1.42. The highest BCUT2D eigenvalue weighted by molar-refractivity contribution is 6.29. The summed E-state index contributed by atoms with van der Waals surface area (Å²) < 4.78 is 0. The van der Waals surface area contributed by atoms with E-state index in [1.165, 1.54) is 6.20 Å². The zero-order valence-electron chi connectivity index (χ0n) is 7.70. The number of nitrogens with zero attached hydrogens (tertiary/aromatic N) is 2. The van der Waals surface area contributed by atoms with Crippen molar-refractivity contribution in [3.63, 3.8) is 0 Å². The molecule has 0 saturated heterocycles. The molecule has 74 valence electrons. The molecule has 0 bridgehead atoms. The van der Waals surface area contributed by atoms with Gasteiger partial charge in [-0.05, 0) is 18.4 Å². The Morgan fingerprint density at radius 2 is 2.43 bits per heavy atom. The van der Waals surface area contributed by atoms with Gasteiger partial charge in [0.2, 0.25) is 11.9 Å². The molecule has 1 aromatic heterocycles. The summed E-state index contributed by atoms with van der Waals surface area (Å²) >= 11 is 5.65. The van der Waals surface area contributed by atoms with Crippen LogP contribution in [0.3, 0.4) is 0 Å². The third-order valence-corrected chi connectivity index (χ3v) is 2.51. The Morgan fingerprint density at radius 3 is 3.00 bits per heavy atom. The molecule has 1 saturated carbocycles.